The molecular formula is C12H14ClFN2. The lowest BCUT2D eigenvalue weighted by molar-refractivity contribution is 0.500. The third-order valence-corrected chi connectivity index (χ3v) is 2.79. The predicted molar refractivity (Wildman–Crippen MR) is 62.7 cm³/mol. The third kappa shape index (κ3) is 3.19. The average Bonchev–Trinajstić information content (AvgIpc) is 2.26. The quantitative estimate of drug-likeness (QED) is 0.875. The second-order valence-electron chi connectivity index (χ2n) is 3.70. The van der Waals surface area contributed by atoms with E-state index in [1.165, 1.54) is 12.1 Å². The fourth-order valence-electron chi connectivity index (χ4n) is 1.33. The Balaban J connectivity index is 2.92. The molecule has 1 rings (SSSR count). The minimum Gasteiger partial charge on any atom is -0.296 e. The largest absolute Gasteiger partial charge is 0.296 e. The molecule has 0 bridgehead atoms. The highest BCUT2D eigenvalue weighted by atomic mass is 35.5. The number of nitrogens with one attached hydrogen (secondary N) is 1. The van der Waals surface area contributed by atoms with Crippen molar-refractivity contribution in [1.29, 1.82) is 5.26 Å². The van der Waals surface area contributed by atoms with Gasteiger partial charge in [0.25, 0.3) is 0 Å². The van der Waals surface area contributed by atoms with Gasteiger partial charge in [0.2, 0.25) is 0 Å². The Morgan fingerprint density at radius 3 is 2.75 bits per heavy atom. The van der Waals surface area contributed by atoms with Crippen LogP contribution in [0.5, 0.6) is 0 Å². The number of hydrogen-bond donors (Lipinski definition) is 1. The summed E-state index contributed by atoms with van der Waals surface area (Å²) in [5.74, 6) is -0.394. The van der Waals surface area contributed by atoms with Crippen molar-refractivity contribution in [3.8, 4) is 6.07 Å². The van der Waals surface area contributed by atoms with Crippen LogP contribution in [0.2, 0.25) is 5.02 Å². The van der Waals surface area contributed by atoms with Crippen LogP contribution in [-0.4, -0.2) is 6.04 Å². The summed E-state index contributed by atoms with van der Waals surface area (Å²) in [6, 6.07) is 5.92. The normalized spacial score (nSPS) is 14.2. The highest BCUT2D eigenvalue weighted by Crippen LogP contribution is 2.24. The fourth-order valence-corrected chi connectivity index (χ4v) is 1.61. The number of nitriles is 1. The first-order valence-electron chi connectivity index (χ1n) is 5.19. The molecule has 0 fully saturated rings. The first-order chi connectivity index (χ1) is 7.58. The van der Waals surface area contributed by atoms with Gasteiger partial charge in [0, 0.05) is 16.6 Å². The van der Waals surface area contributed by atoms with Gasteiger partial charge in [0.05, 0.1) is 6.07 Å². The lowest BCUT2D eigenvalue weighted by atomic mass is 10.1. The van der Waals surface area contributed by atoms with E-state index in [9.17, 15) is 4.39 Å². The fraction of sp³-hybridized carbons (Fsp3) is 0.417. The zero-order valence-corrected chi connectivity index (χ0v) is 10.1. The van der Waals surface area contributed by atoms with Crippen molar-refractivity contribution >= 4 is 11.6 Å². The van der Waals surface area contributed by atoms with E-state index < -0.39 is 11.9 Å². The van der Waals surface area contributed by atoms with Gasteiger partial charge < -0.3 is 0 Å². The molecular weight excluding hydrogens is 227 g/mol. The number of halogens is 2. The lowest BCUT2D eigenvalue weighted by Crippen LogP contribution is -2.29. The summed E-state index contributed by atoms with van der Waals surface area (Å²) in [5, 5.41) is 12.5. The smallest absolute Gasteiger partial charge is 0.124 e. The summed E-state index contributed by atoms with van der Waals surface area (Å²) in [4.78, 5) is 0. The van der Waals surface area contributed by atoms with Crippen molar-refractivity contribution in [3.05, 3.63) is 34.6 Å². The maximum Gasteiger partial charge on any atom is 0.124 e. The van der Waals surface area contributed by atoms with E-state index in [0.29, 0.717) is 5.56 Å². The Hall–Kier alpha value is -1.11. The molecule has 0 saturated heterocycles. The van der Waals surface area contributed by atoms with Crippen molar-refractivity contribution in [3.63, 3.8) is 0 Å². The van der Waals surface area contributed by atoms with Crippen molar-refractivity contribution < 1.29 is 4.39 Å². The molecule has 1 aromatic rings. The zero-order chi connectivity index (χ0) is 12.1. The third-order valence-electron chi connectivity index (χ3n) is 2.47. The Morgan fingerprint density at radius 2 is 2.25 bits per heavy atom. The molecule has 0 heterocycles. The molecule has 86 valence electrons. The lowest BCUT2D eigenvalue weighted by Gasteiger charge is -2.17. The highest BCUT2D eigenvalue weighted by molar-refractivity contribution is 6.31. The van der Waals surface area contributed by atoms with Gasteiger partial charge in [0.1, 0.15) is 11.9 Å². The second kappa shape index (κ2) is 5.83. The molecule has 4 heteroatoms. The van der Waals surface area contributed by atoms with Crippen LogP contribution in [0.3, 0.4) is 0 Å². The van der Waals surface area contributed by atoms with Gasteiger partial charge in [-0.25, -0.2) is 4.39 Å². The van der Waals surface area contributed by atoms with E-state index in [4.69, 9.17) is 16.9 Å². The number of nitrogens with zero attached hydrogens (tertiary/aromatic N) is 1. The van der Waals surface area contributed by atoms with Gasteiger partial charge >= 0.3 is 0 Å². The van der Waals surface area contributed by atoms with Crippen LogP contribution in [0.25, 0.3) is 0 Å². The number of hydrogen-bond acceptors (Lipinski definition) is 2. The molecule has 2 nitrogen and oxygen atoms in total. The Bertz CT molecular complexity index is 400. The zero-order valence-electron chi connectivity index (χ0n) is 9.30. The molecule has 2 atom stereocenters. The molecule has 0 aromatic heterocycles. The van der Waals surface area contributed by atoms with Crippen molar-refractivity contribution in [2.75, 3.05) is 0 Å². The van der Waals surface area contributed by atoms with Crippen LogP contribution < -0.4 is 5.32 Å². The minimum atomic E-state index is -0.497. The second-order valence-corrected chi connectivity index (χ2v) is 4.11. The topological polar surface area (TPSA) is 35.8 Å². The Labute approximate surface area is 100 Å². The summed E-state index contributed by atoms with van der Waals surface area (Å²) >= 11 is 5.90. The molecule has 16 heavy (non-hydrogen) atoms. The standard InChI is InChI=1S/C12H14ClFN2/c1-3-8(2)16-12(7-15)10-5-4-9(14)6-11(10)13/h4-6,8,12,16H,3H2,1-2H3. The number of benzene rings is 1. The van der Waals surface area contributed by atoms with Gasteiger partial charge in [-0.1, -0.05) is 24.6 Å². The van der Waals surface area contributed by atoms with E-state index in [2.05, 4.69) is 11.4 Å². The van der Waals surface area contributed by atoms with Gasteiger partial charge in [-0.2, -0.15) is 5.26 Å². The summed E-state index contributed by atoms with van der Waals surface area (Å²) in [7, 11) is 0. The van der Waals surface area contributed by atoms with Crippen LogP contribution in [0.4, 0.5) is 4.39 Å². The summed E-state index contributed by atoms with van der Waals surface area (Å²) in [5.41, 5.74) is 0.617. The van der Waals surface area contributed by atoms with Gasteiger partial charge in [-0.05, 0) is 25.5 Å². The summed E-state index contributed by atoms with van der Waals surface area (Å²) in [6.45, 7) is 4.01. The Kier molecular flexibility index (Phi) is 4.72. The van der Waals surface area contributed by atoms with E-state index in [-0.39, 0.29) is 11.1 Å². The Morgan fingerprint density at radius 1 is 1.56 bits per heavy atom. The van der Waals surface area contributed by atoms with Crippen LogP contribution in [0.15, 0.2) is 18.2 Å². The molecule has 1 N–H and O–H groups in total. The summed E-state index contributed by atoms with van der Waals surface area (Å²) in [6.07, 6.45) is 0.914. The predicted octanol–water partition coefficient (Wildman–Crippen LogP) is 3.43. The van der Waals surface area contributed by atoms with Crippen LogP contribution in [0, 0.1) is 17.1 Å². The van der Waals surface area contributed by atoms with E-state index in [1.54, 1.807) is 6.07 Å². The van der Waals surface area contributed by atoms with Crippen LogP contribution >= 0.6 is 11.6 Å². The first-order valence-corrected chi connectivity index (χ1v) is 5.56. The SMILES string of the molecule is CCC(C)NC(C#N)c1ccc(F)cc1Cl. The molecule has 0 aliphatic carbocycles. The van der Waals surface area contributed by atoms with Gasteiger partial charge in [0.15, 0.2) is 0 Å². The molecule has 0 amide bonds. The molecule has 2 unspecified atom stereocenters. The molecule has 0 radical (unpaired) electrons. The minimum absolute atomic E-state index is 0.214. The van der Waals surface area contributed by atoms with Crippen LogP contribution in [0.1, 0.15) is 31.9 Å². The average molecular weight is 241 g/mol. The van der Waals surface area contributed by atoms with Gasteiger partial charge in [-0.15, -0.1) is 0 Å². The van der Waals surface area contributed by atoms with E-state index >= 15 is 0 Å². The maximum absolute atomic E-state index is 12.9. The van der Waals surface area contributed by atoms with Crippen LogP contribution in [-0.2, 0) is 0 Å². The summed E-state index contributed by atoms with van der Waals surface area (Å²) < 4.78 is 12.9. The molecule has 1 aromatic carbocycles. The van der Waals surface area contributed by atoms with Gasteiger partial charge in [-0.3, -0.25) is 5.32 Å². The molecule has 0 spiro atoms. The molecule has 0 aliphatic heterocycles. The molecule has 0 aliphatic rings. The number of rotatable bonds is 4. The molecule has 0 saturated carbocycles. The van der Waals surface area contributed by atoms with Crippen molar-refractivity contribution in [1.82, 2.24) is 5.32 Å². The van der Waals surface area contributed by atoms with E-state index in [0.717, 1.165) is 6.42 Å². The maximum atomic E-state index is 12.9. The monoisotopic (exact) mass is 240 g/mol. The highest BCUT2D eigenvalue weighted by Gasteiger charge is 2.15. The van der Waals surface area contributed by atoms with Crippen molar-refractivity contribution in [2.24, 2.45) is 0 Å². The van der Waals surface area contributed by atoms with E-state index in [1.807, 2.05) is 13.8 Å². The van der Waals surface area contributed by atoms with Crippen molar-refractivity contribution in [2.45, 2.75) is 32.4 Å². The first kappa shape index (κ1) is 13.0.